The number of benzene rings is 1. The summed E-state index contributed by atoms with van der Waals surface area (Å²) in [5, 5.41) is 23.3. The van der Waals surface area contributed by atoms with Crippen molar-refractivity contribution in [3.63, 3.8) is 0 Å². The van der Waals surface area contributed by atoms with E-state index in [1.165, 1.54) is 4.90 Å². The van der Waals surface area contributed by atoms with Crippen molar-refractivity contribution in [2.24, 2.45) is 0 Å². The zero-order valence-corrected chi connectivity index (χ0v) is 20.1. The number of aliphatic hydroxyl groups excluding tert-OH is 1. The fourth-order valence-electron chi connectivity index (χ4n) is 4.33. The molecule has 4 aromatic rings. The Morgan fingerprint density at radius 1 is 1.22 bits per heavy atom. The first kappa shape index (κ1) is 23.0. The summed E-state index contributed by atoms with van der Waals surface area (Å²) in [7, 11) is 0. The van der Waals surface area contributed by atoms with E-state index < -0.39 is 12.2 Å². The monoisotopic (exact) mass is 502 g/mol. The number of fused-ring (bicyclic) bond motifs is 1. The quantitative estimate of drug-likeness (QED) is 0.269. The van der Waals surface area contributed by atoms with Gasteiger partial charge in [-0.1, -0.05) is 24.3 Å². The average molecular weight is 503 g/mol. The predicted octanol–water partition coefficient (Wildman–Crippen LogP) is 2.76. The van der Waals surface area contributed by atoms with Gasteiger partial charge >= 0.3 is 12.0 Å². The summed E-state index contributed by atoms with van der Waals surface area (Å²) < 4.78 is 6.82. The van der Waals surface area contributed by atoms with E-state index in [1.54, 1.807) is 23.6 Å². The van der Waals surface area contributed by atoms with Crippen LogP contribution in [0.2, 0.25) is 0 Å². The smallest absolute Gasteiger partial charge is 0.358 e. The van der Waals surface area contributed by atoms with E-state index in [0.717, 1.165) is 29.7 Å². The number of imidazole rings is 1. The molecular weight excluding hydrogens is 476 g/mol. The van der Waals surface area contributed by atoms with E-state index >= 15 is 0 Å². The molecule has 1 aromatic carbocycles. The molecule has 37 heavy (non-hydrogen) atoms. The lowest BCUT2D eigenvalue weighted by atomic mass is 10.1. The topological polar surface area (TPSA) is 150 Å². The second-order valence-electron chi connectivity index (χ2n) is 9.14. The molecule has 1 aliphatic carbocycles. The van der Waals surface area contributed by atoms with E-state index in [-0.39, 0.29) is 31.4 Å². The lowest BCUT2D eigenvalue weighted by Gasteiger charge is -2.18. The number of H-pyrrole nitrogens is 1. The third-order valence-corrected chi connectivity index (χ3v) is 6.45. The highest BCUT2D eigenvalue weighted by molar-refractivity contribution is 5.88. The van der Waals surface area contributed by atoms with Gasteiger partial charge in [-0.25, -0.2) is 19.6 Å². The summed E-state index contributed by atoms with van der Waals surface area (Å²) in [5.41, 5.74) is 4.12. The van der Waals surface area contributed by atoms with Gasteiger partial charge in [0.25, 0.3) is 0 Å². The number of aromatic amines is 1. The van der Waals surface area contributed by atoms with Gasteiger partial charge < -0.3 is 20.5 Å². The number of hydrogen-bond donors (Lipinski definition) is 4. The van der Waals surface area contributed by atoms with Gasteiger partial charge in [-0.2, -0.15) is 5.10 Å². The molecule has 0 radical (unpaired) electrons. The van der Waals surface area contributed by atoms with Crippen LogP contribution >= 0.6 is 0 Å². The molecule has 1 atom stereocenters. The van der Waals surface area contributed by atoms with Gasteiger partial charge in [0, 0.05) is 35.5 Å². The van der Waals surface area contributed by atoms with E-state index in [4.69, 9.17) is 9.72 Å². The lowest BCUT2D eigenvalue weighted by Crippen LogP contribution is -2.33. The number of amides is 2. The maximum atomic E-state index is 12.3. The molecule has 190 valence electrons. The molecule has 3 aromatic heterocycles. The maximum absolute atomic E-state index is 12.3. The van der Waals surface area contributed by atoms with Crippen LogP contribution < -0.4 is 10.6 Å². The highest BCUT2D eigenvalue weighted by atomic mass is 16.5. The molecule has 2 amide bonds. The Labute approximate surface area is 211 Å². The van der Waals surface area contributed by atoms with Gasteiger partial charge in [-0.05, 0) is 25.3 Å². The zero-order valence-electron chi connectivity index (χ0n) is 20.1. The van der Waals surface area contributed by atoms with Crippen molar-refractivity contribution < 1.29 is 19.4 Å². The Bertz CT molecular complexity index is 1470. The van der Waals surface area contributed by atoms with Gasteiger partial charge in [-0.15, -0.1) is 0 Å². The molecule has 2 fully saturated rings. The third kappa shape index (κ3) is 4.58. The second kappa shape index (κ2) is 9.21. The van der Waals surface area contributed by atoms with E-state index in [2.05, 4.69) is 25.8 Å². The molecule has 1 saturated carbocycles. The minimum Gasteiger partial charge on any atom is -0.461 e. The Balaban J connectivity index is 1.33. The van der Waals surface area contributed by atoms with E-state index in [1.807, 2.05) is 30.3 Å². The van der Waals surface area contributed by atoms with Crippen LogP contribution in [0.25, 0.3) is 16.9 Å². The minimum absolute atomic E-state index is 0.183. The number of aromatic nitrogens is 5. The van der Waals surface area contributed by atoms with Crippen molar-refractivity contribution in [3.8, 4) is 11.3 Å². The fourth-order valence-corrected chi connectivity index (χ4v) is 4.33. The van der Waals surface area contributed by atoms with Gasteiger partial charge in [0.1, 0.15) is 11.9 Å². The molecule has 1 unspecified atom stereocenters. The molecule has 0 bridgehead atoms. The van der Waals surface area contributed by atoms with Crippen LogP contribution in [-0.2, 0) is 11.3 Å². The molecular formula is C25H26N8O4. The summed E-state index contributed by atoms with van der Waals surface area (Å²) in [4.78, 5) is 34.9. The molecule has 4 heterocycles. The Hall–Kier alpha value is -4.45. The summed E-state index contributed by atoms with van der Waals surface area (Å²) in [6.45, 7) is 2.50. The fraction of sp³-hybridized carbons (Fsp3) is 0.320. The lowest BCUT2D eigenvalue weighted by molar-refractivity contribution is 0.0519. The number of aliphatic hydroxyl groups is 1. The number of β-amino-alcohol motifs (C(OH)–C–C–N with tert-alkyl or cyclic N) is 1. The highest BCUT2D eigenvalue weighted by Gasteiger charge is 2.28. The highest BCUT2D eigenvalue weighted by Crippen LogP contribution is 2.39. The van der Waals surface area contributed by atoms with E-state index in [9.17, 15) is 14.7 Å². The van der Waals surface area contributed by atoms with Gasteiger partial charge in [0.15, 0.2) is 11.5 Å². The second-order valence-corrected chi connectivity index (χ2v) is 9.14. The summed E-state index contributed by atoms with van der Waals surface area (Å²) in [6, 6.07) is 11.0. The SMILES string of the molecule is CCOC(=O)c1cn2c(Nc3cc(C4CC4)[nH]n3)nc(-c3ccc(CN4C(=O)NCC4O)cc3)cc2n1. The maximum Gasteiger partial charge on any atom is 0.358 e. The zero-order chi connectivity index (χ0) is 25.5. The largest absolute Gasteiger partial charge is 0.461 e. The number of esters is 1. The van der Waals surface area contributed by atoms with Crippen molar-refractivity contribution in [1.29, 1.82) is 0 Å². The molecule has 0 spiro atoms. The van der Waals surface area contributed by atoms with Crippen molar-refractivity contribution in [1.82, 2.24) is 34.8 Å². The van der Waals surface area contributed by atoms with Crippen LogP contribution in [0.15, 0.2) is 42.6 Å². The van der Waals surface area contributed by atoms with Crippen LogP contribution in [0.4, 0.5) is 16.6 Å². The summed E-state index contributed by atoms with van der Waals surface area (Å²) in [6.07, 6.45) is 3.06. The van der Waals surface area contributed by atoms with Crippen molar-refractivity contribution in [2.75, 3.05) is 18.5 Å². The number of ether oxygens (including phenoxy) is 1. The van der Waals surface area contributed by atoms with Crippen LogP contribution in [0.3, 0.4) is 0 Å². The molecule has 12 heteroatoms. The summed E-state index contributed by atoms with van der Waals surface area (Å²) in [5.74, 6) is 1.09. The van der Waals surface area contributed by atoms with Crippen molar-refractivity contribution in [3.05, 3.63) is 59.5 Å². The number of nitrogens with one attached hydrogen (secondary N) is 3. The first-order valence-electron chi connectivity index (χ1n) is 12.2. The summed E-state index contributed by atoms with van der Waals surface area (Å²) >= 11 is 0. The molecule has 12 nitrogen and oxygen atoms in total. The Kier molecular flexibility index (Phi) is 5.72. The third-order valence-electron chi connectivity index (χ3n) is 6.45. The van der Waals surface area contributed by atoms with Gasteiger partial charge in [0.2, 0.25) is 5.95 Å². The normalized spacial score (nSPS) is 17.3. The average Bonchev–Trinajstić information content (AvgIpc) is 3.34. The number of rotatable bonds is 8. The van der Waals surface area contributed by atoms with Crippen LogP contribution in [0, 0.1) is 0 Å². The first-order valence-corrected chi connectivity index (χ1v) is 12.2. The van der Waals surface area contributed by atoms with Gasteiger partial charge in [-0.3, -0.25) is 14.4 Å². The first-order chi connectivity index (χ1) is 18.0. The van der Waals surface area contributed by atoms with E-state index in [0.29, 0.717) is 29.0 Å². The van der Waals surface area contributed by atoms with Crippen molar-refractivity contribution >= 4 is 29.4 Å². The predicted molar refractivity (Wildman–Crippen MR) is 133 cm³/mol. The van der Waals surface area contributed by atoms with Crippen LogP contribution in [0.5, 0.6) is 0 Å². The van der Waals surface area contributed by atoms with Crippen molar-refractivity contribution in [2.45, 2.75) is 38.5 Å². The number of carbonyl (C=O) groups excluding carboxylic acids is 2. The minimum atomic E-state index is -0.846. The van der Waals surface area contributed by atoms with Gasteiger partial charge in [0.05, 0.1) is 25.4 Å². The number of hydrogen-bond acceptors (Lipinski definition) is 8. The van der Waals surface area contributed by atoms with Crippen LogP contribution in [0.1, 0.15) is 47.4 Å². The molecule has 1 saturated heterocycles. The number of anilines is 2. The molecule has 2 aliphatic rings. The number of nitrogens with zero attached hydrogens (tertiary/aromatic N) is 5. The number of urea groups is 1. The molecule has 1 aliphatic heterocycles. The Morgan fingerprint density at radius 3 is 2.73 bits per heavy atom. The molecule has 4 N–H and O–H groups in total. The molecule has 6 rings (SSSR count). The number of carbonyl (C=O) groups is 2. The standard InChI is InChI=1S/C25H26N8O4/c1-2-37-23(35)19-13-32-21(27-19)10-17(28-24(32)29-20-9-18(30-31-20)16-7-8-16)15-5-3-14(4-6-15)12-33-22(34)11-26-25(33)36/h3-6,9-10,13,16,22,34H,2,7-8,11-12H2,1H3,(H,26,36)(H2,28,29,30,31). The Morgan fingerprint density at radius 2 is 2.03 bits per heavy atom. The van der Waals surface area contributed by atoms with Crippen LogP contribution in [-0.4, -0.2) is 66.0 Å².